The minimum atomic E-state index is -3.75. The summed E-state index contributed by atoms with van der Waals surface area (Å²) in [5.74, 6) is 0.141. The Kier molecular flexibility index (Phi) is 6.59. The van der Waals surface area contributed by atoms with Crippen molar-refractivity contribution in [2.24, 2.45) is 5.92 Å². The van der Waals surface area contributed by atoms with Crippen LogP contribution < -0.4 is 9.62 Å². The predicted molar refractivity (Wildman–Crippen MR) is 114 cm³/mol. The number of hydrogen-bond acceptors (Lipinski definition) is 5. The van der Waals surface area contributed by atoms with Gasteiger partial charge in [0.05, 0.1) is 17.6 Å². The maximum atomic E-state index is 12.7. The summed E-state index contributed by atoms with van der Waals surface area (Å²) in [7, 11) is -2.47. The van der Waals surface area contributed by atoms with Crippen molar-refractivity contribution in [1.82, 2.24) is 4.72 Å². The van der Waals surface area contributed by atoms with Gasteiger partial charge in [0.2, 0.25) is 10.0 Å². The normalized spacial score (nSPS) is 17.2. The lowest BCUT2D eigenvalue weighted by atomic mass is 9.99. The molecule has 6 nitrogen and oxygen atoms in total. The Morgan fingerprint density at radius 3 is 2.59 bits per heavy atom. The standard InChI is InChI=1S/C22H28N2O4S/c1-16-5-4-12-24(15-16)19-9-7-18(8-10-19)14-23-29(26,27)20-11-6-17(2)21(13-20)22(25)28-3/h6-11,13,16,23H,4-5,12,14-15H2,1-3H3/t16-/m1/s1. The molecule has 0 spiro atoms. The van der Waals surface area contributed by atoms with Gasteiger partial charge in [-0.05, 0) is 61.1 Å². The molecule has 1 saturated heterocycles. The van der Waals surface area contributed by atoms with E-state index in [1.807, 2.05) is 24.3 Å². The molecule has 2 aromatic rings. The second kappa shape index (κ2) is 8.97. The minimum Gasteiger partial charge on any atom is -0.465 e. The van der Waals surface area contributed by atoms with Crippen LogP contribution in [0.1, 0.15) is 41.3 Å². The summed E-state index contributed by atoms with van der Waals surface area (Å²) in [6.45, 7) is 6.31. The average Bonchev–Trinajstić information content (AvgIpc) is 2.72. The van der Waals surface area contributed by atoms with Gasteiger partial charge >= 0.3 is 5.97 Å². The molecule has 2 aromatic carbocycles. The van der Waals surface area contributed by atoms with E-state index in [-0.39, 0.29) is 17.0 Å². The number of esters is 1. The molecule has 29 heavy (non-hydrogen) atoms. The molecule has 156 valence electrons. The third-order valence-corrected chi connectivity index (χ3v) is 6.75. The number of nitrogens with zero attached hydrogens (tertiary/aromatic N) is 1. The van der Waals surface area contributed by atoms with Gasteiger partial charge in [-0.3, -0.25) is 0 Å². The number of carbonyl (C=O) groups is 1. The predicted octanol–water partition coefficient (Wildman–Crippen LogP) is 3.50. The Morgan fingerprint density at radius 2 is 1.93 bits per heavy atom. The second-order valence-electron chi connectivity index (χ2n) is 7.65. The van der Waals surface area contributed by atoms with E-state index in [1.165, 1.54) is 37.8 Å². The molecule has 1 aliphatic heterocycles. The fourth-order valence-electron chi connectivity index (χ4n) is 3.61. The summed E-state index contributed by atoms with van der Waals surface area (Å²) in [6.07, 6.45) is 2.47. The molecule has 1 heterocycles. The Morgan fingerprint density at radius 1 is 1.21 bits per heavy atom. The zero-order chi connectivity index (χ0) is 21.0. The van der Waals surface area contributed by atoms with E-state index >= 15 is 0 Å². The number of methoxy groups -OCH3 is 1. The number of hydrogen-bond donors (Lipinski definition) is 1. The number of rotatable bonds is 6. The van der Waals surface area contributed by atoms with Crippen LogP contribution in [-0.4, -0.2) is 34.6 Å². The van der Waals surface area contributed by atoms with Gasteiger partial charge < -0.3 is 9.64 Å². The highest BCUT2D eigenvalue weighted by Crippen LogP contribution is 2.23. The topological polar surface area (TPSA) is 75.7 Å². The maximum absolute atomic E-state index is 12.7. The van der Waals surface area contributed by atoms with E-state index in [2.05, 4.69) is 16.5 Å². The first kappa shape index (κ1) is 21.3. The van der Waals surface area contributed by atoms with Crippen LogP contribution >= 0.6 is 0 Å². The number of nitrogens with one attached hydrogen (secondary N) is 1. The van der Waals surface area contributed by atoms with E-state index in [9.17, 15) is 13.2 Å². The van der Waals surface area contributed by atoms with E-state index in [0.717, 1.165) is 18.7 Å². The van der Waals surface area contributed by atoms with Crippen LogP contribution in [0, 0.1) is 12.8 Å². The van der Waals surface area contributed by atoms with Crippen LogP contribution in [0.15, 0.2) is 47.4 Å². The van der Waals surface area contributed by atoms with E-state index in [0.29, 0.717) is 11.5 Å². The molecule has 0 radical (unpaired) electrons. The first-order valence-electron chi connectivity index (χ1n) is 9.82. The molecule has 1 aliphatic rings. The Balaban J connectivity index is 1.68. The zero-order valence-electron chi connectivity index (χ0n) is 17.1. The lowest BCUT2D eigenvalue weighted by Gasteiger charge is -2.32. The smallest absolute Gasteiger partial charge is 0.338 e. The van der Waals surface area contributed by atoms with Gasteiger partial charge in [0.1, 0.15) is 0 Å². The molecule has 1 fully saturated rings. The summed E-state index contributed by atoms with van der Waals surface area (Å²) in [5.41, 5.74) is 2.96. The first-order valence-corrected chi connectivity index (χ1v) is 11.3. The Labute approximate surface area is 172 Å². The van der Waals surface area contributed by atoms with Crippen molar-refractivity contribution in [2.45, 2.75) is 38.1 Å². The zero-order valence-corrected chi connectivity index (χ0v) is 18.0. The van der Waals surface area contributed by atoms with Gasteiger partial charge in [-0.2, -0.15) is 0 Å². The molecular weight excluding hydrogens is 388 g/mol. The summed E-state index contributed by atoms with van der Waals surface area (Å²) in [5, 5.41) is 0. The summed E-state index contributed by atoms with van der Waals surface area (Å²) < 4.78 is 32.6. The van der Waals surface area contributed by atoms with Crippen LogP contribution in [0.4, 0.5) is 5.69 Å². The molecule has 1 N–H and O–H groups in total. The number of sulfonamides is 1. The number of benzene rings is 2. The van der Waals surface area contributed by atoms with E-state index in [1.54, 1.807) is 13.0 Å². The number of piperidine rings is 1. The molecule has 0 saturated carbocycles. The Hall–Kier alpha value is -2.38. The molecule has 0 aromatic heterocycles. The van der Waals surface area contributed by atoms with Crippen LogP contribution in [0.25, 0.3) is 0 Å². The van der Waals surface area contributed by atoms with Crippen molar-refractivity contribution >= 4 is 21.7 Å². The first-order chi connectivity index (χ1) is 13.8. The van der Waals surface area contributed by atoms with Crippen molar-refractivity contribution < 1.29 is 17.9 Å². The lowest BCUT2D eigenvalue weighted by molar-refractivity contribution is 0.0599. The molecule has 0 aliphatic carbocycles. The van der Waals surface area contributed by atoms with E-state index in [4.69, 9.17) is 4.74 Å². The van der Waals surface area contributed by atoms with Crippen molar-refractivity contribution in [3.8, 4) is 0 Å². The van der Waals surface area contributed by atoms with Crippen LogP contribution in [-0.2, 0) is 21.3 Å². The quantitative estimate of drug-likeness (QED) is 0.730. The number of anilines is 1. The molecule has 7 heteroatoms. The largest absolute Gasteiger partial charge is 0.465 e. The number of ether oxygens (including phenoxy) is 1. The number of aryl methyl sites for hydroxylation is 1. The summed E-state index contributed by atoms with van der Waals surface area (Å²) in [4.78, 5) is 14.3. The van der Waals surface area contributed by atoms with Gasteiger partial charge in [0.15, 0.2) is 0 Å². The second-order valence-corrected chi connectivity index (χ2v) is 9.42. The van der Waals surface area contributed by atoms with Crippen LogP contribution in [0.5, 0.6) is 0 Å². The highest BCUT2D eigenvalue weighted by molar-refractivity contribution is 7.89. The summed E-state index contributed by atoms with van der Waals surface area (Å²) >= 11 is 0. The van der Waals surface area contributed by atoms with Crippen molar-refractivity contribution in [3.05, 3.63) is 59.2 Å². The average molecular weight is 417 g/mol. The Bertz CT molecular complexity index is 971. The molecular formula is C22H28N2O4S. The fraction of sp³-hybridized carbons (Fsp3) is 0.409. The van der Waals surface area contributed by atoms with Crippen LogP contribution in [0.3, 0.4) is 0 Å². The number of carbonyl (C=O) groups excluding carboxylic acids is 1. The fourth-order valence-corrected chi connectivity index (χ4v) is 4.65. The lowest BCUT2D eigenvalue weighted by Crippen LogP contribution is -2.34. The van der Waals surface area contributed by atoms with Gasteiger partial charge in [-0.1, -0.05) is 25.1 Å². The van der Waals surface area contributed by atoms with Gasteiger partial charge in [-0.25, -0.2) is 17.9 Å². The SMILES string of the molecule is COC(=O)c1cc(S(=O)(=O)NCc2ccc(N3CCC[C@@H](C)C3)cc2)ccc1C. The van der Waals surface area contributed by atoms with Gasteiger partial charge in [0, 0.05) is 25.3 Å². The van der Waals surface area contributed by atoms with Crippen molar-refractivity contribution in [2.75, 3.05) is 25.1 Å². The van der Waals surface area contributed by atoms with Crippen molar-refractivity contribution in [3.63, 3.8) is 0 Å². The molecule has 1 atom stereocenters. The minimum absolute atomic E-state index is 0.0439. The van der Waals surface area contributed by atoms with E-state index < -0.39 is 16.0 Å². The molecule has 3 rings (SSSR count). The summed E-state index contributed by atoms with van der Waals surface area (Å²) in [6, 6.07) is 12.4. The highest BCUT2D eigenvalue weighted by atomic mass is 32.2. The van der Waals surface area contributed by atoms with Gasteiger partial charge in [0.25, 0.3) is 0 Å². The molecule has 0 bridgehead atoms. The molecule has 0 amide bonds. The van der Waals surface area contributed by atoms with Crippen LogP contribution in [0.2, 0.25) is 0 Å². The maximum Gasteiger partial charge on any atom is 0.338 e. The third kappa shape index (κ3) is 5.16. The highest BCUT2D eigenvalue weighted by Gasteiger charge is 2.19. The van der Waals surface area contributed by atoms with Crippen molar-refractivity contribution in [1.29, 1.82) is 0 Å². The molecule has 0 unspecified atom stereocenters. The third-order valence-electron chi connectivity index (χ3n) is 5.35. The van der Waals surface area contributed by atoms with Gasteiger partial charge in [-0.15, -0.1) is 0 Å². The monoisotopic (exact) mass is 416 g/mol.